The summed E-state index contributed by atoms with van der Waals surface area (Å²) >= 11 is 11.8. The Morgan fingerprint density at radius 2 is 1.70 bits per heavy atom. The van der Waals surface area contributed by atoms with Gasteiger partial charge in [0.05, 0.1) is 5.71 Å². The van der Waals surface area contributed by atoms with Crippen molar-refractivity contribution in [3.63, 3.8) is 0 Å². The normalized spacial score (nSPS) is 21.8. The lowest BCUT2D eigenvalue weighted by Crippen LogP contribution is -2.42. The minimum atomic E-state index is -4.75. The molecule has 140 valence electrons. The fraction of sp³-hybridized carbons (Fsp3) is 0.263. The summed E-state index contributed by atoms with van der Waals surface area (Å²) in [6.45, 7) is 0. The largest absolute Gasteiger partial charge is 0.435 e. The molecule has 0 spiro atoms. The maximum atomic E-state index is 14.1. The number of fused-ring (bicyclic) bond motifs is 1. The molecule has 0 saturated carbocycles. The lowest BCUT2D eigenvalue weighted by Gasteiger charge is -2.29. The van der Waals surface area contributed by atoms with Gasteiger partial charge >= 0.3 is 6.18 Å². The van der Waals surface area contributed by atoms with Crippen LogP contribution in [0, 0.1) is 0 Å². The quantitative estimate of drug-likeness (QED) is 0.632. The molecular formula is C19H12Cl2F3NO2. The van der Waals surface area contributed by atoms with Gasteiger partial charge in [-0.25, -0.2) is 0 Å². The summed E-state index contributed by atoms with van der Waals surface area (Å²) in [6.07, 6.45) is -4.46. The van der Waals surface area contributed by atoms with Crippen molar-refractivity contribution in [2.75, 3.05) is 0 Å². The zero-order valence-corrected chi connectivity index (χ0v) is 15.3. The van der Waals surface area contributed by atoms with E-state index >= 15 is 0 Å². The summed E-state index contributed by atoms with van der Waals surface area (Å²) in [4.78, 5) is 17.0. The van der Waals surface area contributed by atoms with Gasteiger partial charge in [0, 0.05) is 39.6 Å². The first kappa shape index (κ1) is 18.3. The molecule has 0 radical (unpaired) electrons. The Balaban J connectivity index is 1.79. The van der Waals surface area contributed by atoms with Crippen molar-refractivity contribution in [3.05, 3.63) is 68.7 Å². The van der Waals surface area contributed by atoms with E-state index in [-0.39, 0.29) is 27.1 Å². The van der Waals surface area contributed by atoms with Gasteiger partial charge in [0.15, 0.2) is 5.78 Å². The van der Waals surface area contributed by atoms with Crippen molar-refractivity contribution in [1.82, 2.24) is 0 Å². The average Bonchev–Trinajstić information content (AvgIpc) is 3.19. The number of hydrogen-bond acceptors (Lipinski definition) is 3. The second-order valence-corrected chi connectivity index (χ2v) is 7.42. The molecule has 1 aliphatic carbocycles. The third kappa shape index (κ3) is 2.91. The summed E-state index contributed by atoms with van der Waals surface area (Å²) in [6, 6.07) is 8.69. The molecule has 1 aliphatic heterocycles. The predicted molar refractivity (Wildman–Crippen MR) is 95.5 cm³/mol. The molecule has 2 aromatic carbocycles. The number of oxime groups is 1. The molecule has 1 unspecified atom stereocenters. The molecule has 8 heteroatoms. The molecule has 0 N–H and O–H groups in total. The molecule has 27 heavy (non-hydrogen) atoms. The standard InChI is InChI=1S/C19H12Cl2F3NO2/c20-11-6-10(7-12(21)8-11)18(19(22,23)24)9-16(25-27-18)14-2-1-3-15-13(14)4-5-17(15)26/h1-3,6-8H,4-5,9H2. The molecule has 0 fully saturated rings. The van der Waals surface area contributed by atoms with Gasteiger partial charge in [0.2, 0.25) is 0 Å². The first-order valence-electron chi connectivity index (χ1n) is 8.15. The van der Waals surface area contributed by atoms with Crippen molar-refractivity contribution < 1.29 is 22.8 Å². The summed E-state index contributed by atoms with van der Waals surface area (Å²) in [5.74, 6) is -0.0185. The Morgan fingerprint density at radius 1 is 1.04 bits per heavy atom. The van der Waals surface area contributed by atoms with E-state index in [0.29, 0.717) is 29.5 Å². The molecular weight excluding hydrogens is 402 g/mol. The number of hydrogen-bond donors (Lipinski definition) is 0. The van der Waals surface area contributed by atoms with Gasteiger partial charge in [-0.2, -0.15) is 13.2 Å². The smallest absolute Gasteiger partial charge is 0.374 e. The highest BCUT2D eigenvalue weighted by atomic mass is 35.5. The Bertz CT molecular complexity index is 967. The molecule has 2 aromatic rings. The van der Waals surface area contributed by atoms with Crippen LogP contribution in [0.5, 0.6) is 0 Å². The topological polar surface area (TPSA) is 38.7 Å². The number of nitrogens with zero attached hydrogens (tertiary/aromatic N) is 1. The van der Waals surface area contributed by atoms with Crippen molar-refractivity contribution >= 4 is 34.7 Å². The number of alkyl halides is 3. The molecule has 0 aromatic heterocycles. The number of Topliss-reactive ketones (excluding diaryl/α,β-unsaturated/α-hetero) is 1. The van der Waals surface area contributed by atoms with Crippen LogP contribution in [0.1, 0.15) is 39.9 Å². The lowest BCUT2D eigenvalue weighted by molar-refractivity contribution is -0.275. The summed E-state index contributed by atoms with van der Waals surface area (Å²) in [7, 11) is 0. The van der Waals surface area contributed by atoms with E-state index < -0.39 is 18.2 Å². The van der Waals surface area contributed by atoms with Crippen LogP contribution in [0.3, 0.4) is 0 Å². The zero-order chi connectivity index (χ0) is 19.4. The average molecular weight is 414 g/mol. The first-order valence-corrected chi connectivity index (χ1v) is 8.91. The SMILES string of the molecule is O=C1CCc2c1cccc2C1=NOC(c2cc(Cl)cc(Cl)c2)(C(F)(F)F)C1. The number of rotatable bonds is 2. The molecule has 4 rings (SSSR count). The zero-order valence-electron chi connectivity index (χ0n) is 13.7. The first-order chi connectivity index (χ1) is 12.7. The summed E-state index contributed by atoms with van der Waals surface area (Å²) < 4.78 is 42.2. The van der Waals surface area contributed by atoms with E-state index in [1.807, 2.05) is 0 Å². The molecule has 3 nitrogen and oxygen atoms in total. The van der Waals surface area contributed by atoms with Gasteiger partial charge in [0.1, 0.15) is 0 Å². The lowest BCUT2D eigenvalue weighted by atomic mass is 9.85. The maximum Gasteiger partial charge on any atom is 0.435 e. The van der Waals surface area contributed by atoms with E-state index in [4.69, 9.17) is 28.0 Å². The van der Waals surface area contributed by atoms with E-state index in [1.165, 1.54) is 18.2 Å². The van der Waals surface area contributed by atoms with Crippen LogP contribution < -0.4 is 0 Å². The third-order valence-corrected chi connectivity index (χ3v) is 5.34. The Kier molecular flexibility index (Phi) is 4.24. The Morgan fingerprint density at radius 3 is 2.37 bits per heavy atom. The van der Waals surface area contributed by atoms with Crippen LogP contribution >= 0.6 is 23.2 Å². The maximum absolute atomic E-state index is 14.1. The summed E-state index contributed by atoms with van der Waals surface area (Å²) in [5.41, 5.74) is -0.984. The molecule has 1 heterocycles. The fourth-order valence-electron chi connectivity index (χ4n) is 3.60. The molecule has 2 aliphatic rings. The highest BCUT2D eigenvalue weighted by Crippen LogP contribution is 2.50. The Hall–Kier alpha value is -2.05. The van der Waals surface area contributed by atoms with Crippen LogP contribution in [0.2, 0.25) is 10.0 Å². The van der Waals surface area contributed by atoms with Gasteiger partial charge in [-0.05, 0) is 30.2 Å². The van der Waals surface area contributed by atoms with Gasteiger partial charge in [-0.15, -0.1) is 0 Å². The van der Waals surface area contributed by atoms with Gasteiger partial charge in [-0.1, -0.05) is 46.6 Å². The monoisotopic (exact) mass is 413 g/mol. The fourth-order valence-corrected chi connectivity index (χ4v) is 4.12. The summed E-state index contributed by atoms with van der Waals surface area (Å²) in [5, 5.41) is 3.91. The van der Waals surface area contributed by atoms with Crippen LogP contribution in [0.4, 0.5) is 13.2 Å². The van der Waals surface area contributed by atoms with Gasteiger partial charge in [0.25, 0.3) is 5.60 Å². The molecule has 1 atom stereocenters. The van der Waals surface area contributed by atoms with E-state index in [9.17, 15) is 18.0 Å². The second-order valence-electron chi connectivity index (χ2n) is 6.54. The number of carbonyl (C=O) groups is 1. The Labute approximate surface area is 162 Å². The van der Waals surface area contributed by atoms with Crippen molar-refractivity contribution in [1.29, 1.82) is 0 Å². The number of halogens is 5. The van der Waals surface area contributed by atoms with Crippen LogP contribution in [0.25, 0.3) is 0 Å². The van der Waals surface area contributed by atoms with Crippen LogP contribution in [-0.2, 0) is 16.9 Å². The molecule has 0 bridgehead atoms. The highest BCUT2D eigenvalue weighted by Gasteiger charge is 2.62. The predicted octanol–water partition coefficient (Wildman–Crippen LogP) is 5.70. The minimum Gasteiger partial charge on any atom is -0.374 e. The van der Waals surface area contributed by atoms with Crippen LogP contribution in [-0.4, -0.2) is 17.7 Å². The number of carbonyl (C=O) groups excluding carboxylic acids is 1. The van der Waals surface area contributed by atoms with E-state index in [0.717, 1.165) is 0 Å². The number of benzene rings is 2. The third-order valence-electron chi connectivity index (χ3n) is 4.90. The highest BCUT2D eigenvalue weighted by molar-refractivity contribution is 6.34. The minimum absolute atomic E-state index is 0.0185. The van der Waals surface area contributed by atoms with E-state index in [1.54, 1.807) is 18.2 Å². The van der Waals surface area contributed by atoms with Gasteiger partial charge < -0.3 is 4.84 Å². The van der Waals surface area contributed by atoms with Gasteiger partial charge in [-0.3, -0.25) is 4.79 Å². The van der Waals surface area contributed by atoms with Crippen molar-refractivity contribution in [2.24, 2.45) is 5.16 Å². The molecule has 0 amide bonds. The van der Waals surface area contributed by atoms with Crippen molar-refractivity contribution in [3.8, 4) is 0 Å². The number of ketones is 1. The molecule has 0 saturated heterocycles. The van der Waals surface area contributed by atoms with E-state index in [2.05, 4.69) is 5.16 Å². The van der Waals surface area contributed by atoms with Crippen molar-refractivity contribution in [2.45, 2.75) is 31.0 Å². The van der Waals surface area contributed by atoms with Crippen LogP contribution in [0.15, 0.2) is 41.6 Å². The second kappa shape index (κ2) is 6.24.